The summed E-state index contributed by atoms with van der Waals surface area (Å²) in [4.78, 5) is 0. The van der Waals surface area contributed by atoms with Crippen LogP contribution in [0.3, 0.4) is 0 Å². The minimum atomic E-state index is -3.99. The van der Waals surface area contributed by atoms with E-state index in [4.69, 9.17) is 15.1 Å². The second kappa shape index (κ2) is 6.39. The third-order valence-corrected chi connectivity index (χ3v) is 3.68. The molecule has 21 heavy (non-hydrogen) atoms. The van der Waals surface area contributed by atoms with Crippen molar-refractivity contribution in [2.45, 2.75) is 18.0 Å². The number of nitriles is 1. The van der Waals surface area contributed by atoms with Crippen molar-refractivity contribution >= 4 is 10.0 Å². The number of primary sulfonamides is 1. The lowest BCUT2D eigenvalue weighted by atomic mass is 10.3. The summed E-state index contributed by atoms with van der Waals surface area (Å²) in [6.07, 6.45) is 1.72. The third-order valence-electron chi connectivity index (χ3n) is 2.71. The number of ether oxygens (including phenoxy) is 1. The van der Waals surface area contributed by atoms with Crippen molar-refractivity contribution in [2.75, 3.05) is 6.61 Å². The van der Waals surface area contributed by atoms with E-state index < -0.39 is 10.0 Å². The minimum absolute atomic E-state index is 0.0542. The predicted octanol–water partition coefficient (Wildman–Crippen LogP) is 0.871. The molecule has 2 aromatic rings. The molecule has 2 rings (SSSR count). The van der Waals surface area contributed by atoms with E-state index in [0.717, 1.165) is 5.75 Å². The lowest BCUT2D eigenvalue weighted by molar-refractivity contribution is 0.295. The average molecular weight is 306 g/mol. The molecule has 0 fully saturated rings. The number of nitrogens with zero attached hydrogens (tertiary/aromatic N) is 3. The smallest absolute Gasteiger partial charge is 0.256 e. The number of aromatic nitrogens is 2. The maximum Gasteiger partial charge on any atom is 0.256 e. The highest BCUT2D eigenvalue weighted by atomic mass is 32.2. The van der Waals surface area contributed by atoms with Gasteiger partial charge in [0.25, 0.3) is 10.0 Å². The van der Waals surface area contributed by atoms with Crippen molar-refractivity contribution in [1.82, 2.24) is 9.78 Å². The van der Waals surface area contributed by atoms with Crippen LogP contribution in [0.5, 0.6) is 5.75 Å². The van der Waals surface area contributed by atoms with Crippen molar-refractivity contribution < 1.29 is 13.2 Å². The summed E-state index contributed by atoms with van der Waals surface area (Å²) >= 11 is 0. The summed E-state index contributed by atoms with van der Waals surface area (Å²) in [6.45, 7) is 0.691. The van der Waals surface area contributed by atoms with E-state index in [1.165, 1.54) is 10.9 Å². The molecule has 0 radical (unpaired) electrons. The van der Waals surface area contributed by atoms with Crippen LogP contribution in [-0.2, 0) is 16.6 Å². The average Bonchev–Trinajstić information content (AvgIpc) is 2.88. The van der Waals surface area contributed by atoms with Gasteiger partial charge in [0.1, 0.15) is 17.4 Å². The van der Waals surface area contributed by atoms with E-state index in [0.29, 0.717) is 19.6 Å². The van der Waals surface area contributed by atoms with Crippen LogP contribution in [0.1, 0.15) is 12.0 Å². The number of hydrogen-bond acceptors (Lipinski definition) is 5. The molecule has 0 atom stereocenters. The zero-order valence-corrected chi connectivity index (χ0v) is 12.0. The van der Waals surface area contributed by atoms with Crippen LogP contribution in [0.25, 0.3) is 0 Å². The Bertz CT molecular complexity index is 747. The van der Waals surface area contributed by atoms with Crippen LogP contribution in [0.2, 0.25) is 0 Å². The third kappa shape index (κ3) is 3.81. The van der Waals surface area contributed by atoms with Crippen LogP contribution in [0, 0.1) is 11.3 Å². The highest BCUT2D eigenvalue weighted by Crippen LogP contribution is 2.14. The van der Waals surface area contributed by atoms with E-state index in [1.807, 2.05) is 30.3 Å². The summed E-state index contributed by atoms with van der Waals surface area (Å²) in [5.41, 5.74) is -0.0542. The fourth-order valence-electron chi connectivity index (χ4n) is 1.83. The van der Waals surface area contributed by atoms with Gasteiger partial charge in [-0.3, -0.25) is 4.68 Å². The molecule has 1 heterocycles. The van der Waals surface area contributed by atoms with Gasteiger partial charge in [0, 0.05) is 13.0 Å². The lowest BCUT2D eigenvalue weighted by Crippen LogP contribution is -2.20. The van der Waals surface area contributed by atoms with Gasteiger partial charge in [0.2, 0.25) is 0 Å². The standard InChI is InChI=1S/C13H14N4O3S/c14-9-11-10-16-17(13(11)21(15,18)19)7-4-8-20-12-5-2-1-3-6-12/h1-3,5-6,10H,4,7-8H2,(H2,15,18,19). The summed E-state index contributed by atoms with van der Waals surface area (Å²) in [5.74, 6) is 0.738. The van der Waals surface area contributed by atoms with Gasteiger partial charge in [-0.15, -0.1) is 0 Å². The summed E-state index contributed by atoms with van der Waals surface area (Å²) in [5, 5.41) is 17.6. The monoisotopic (exact) mass is 306 g/mol. The molecule has 8 heteroatoms. The van der Waals surface area contributed by atoms with Crippen molar-refractivity contribution in [3.8, 4) is 11.8 Å². The lowest BCUT2D eigenvalue weighted by Gasteiger charge is -2.08. The Balaban J connectivity index is 1.98. The molecule has 0 unspecified atom stereocenters. The van der Waals surface area contributed by atoms with E-state index in [1.54, 1.807) is 6.07 Å². The summed E-state index contributed by atoms with van der Waals surface area (Å²) in [7, 11) is -3.99. The molecular weight excluding hydrogens is 292 g/mol. The fourth-order valence-corrected chi connectivity index (χ4v) is 2.67. The van der Waals surface area contributed by atoms with Crippen molar-refractivity contribution in [3.63, 3.8) is 0 Å². The Labute approximate surface area is 122 Å². The van der Waals surface area contributed by atoms with Gasteiger partial charge in [-0.1, -0.05) is 18.2 Å². The second-order valence-electron chi connectivity index (χ2n) is 4.26. The van der Waals surface area contributed by atoms with E-state index in [9.17, 15) is 8.42 Å². The molecule has 0 aliphatic rings. The molecule has 110 valence electrons. The van der Waals surface area contributed by atoms with Crippen LogP contribution in [-0.4, -0.2) is 24.8 Å². The molecular formula is C13H14N4O3S. The molecule has 0 amide bonds. The zero-order chi connectivity index (χ0) is 15.3. The maximum atomic E-state index is 11.5. The van der Waals surface area contributed by atoms with E-state index in [-0.39, 0.29) is 10.6 Å². The Hall–Kier alpha value is -2.37. The molecule has 0 aliphatic heterocycles. The number of sulfonamides is 1. The summed E-state index contributed by atoms with van der Waals surface area (Å²) in [6, 6.07) is 11.0. The SMILES string of the molecule is N#Cc1cnn(CCCOc2ccccc2)c1S(N)(=O)=O. The van der Waals surface area contributed by atoms with Crippen molar-refractivity contribution in [3.05, 3.63) is 42.1 Å². The molecule has 0 aliphatic carbocycles. The van der Waals surface area contributed by atoms with Crippen LogP contribution in [0.4, 0.5) is 0 Å². The molecule has 2 N–H and O–H groups in total. The van der Waals surface area contributed by atoms with Gasteiger partial charge in [0.15, 0.2) is 5.03 Å². The first-order valence-electron chi connectivity index (χ1n) is 6.19. The maximum absolute atomic E-state index is 11.5. The van der Waals surface area contributed by atoms with E-state index >= 15 is 0 Å². The van der Waals surface area contributed by atoms with Gasteiger partial charge in [-0.25, -0.2) is 13.6 Å². The van der Waals surface area contributed by atoms with Crippen LogP contribution >= 0.6 is 0 Å². The predicted molar refractivity (Wildman–Crippen MR) is 74.9 cm³/mol. The quantitative estimate of drug-likeness (QED) is 0.796. The first kappa shape index (κ1) is 15.0. The minimum Gasteiger partial charge on any atom is -0.494 e. The van der Waals surface area contributed by atoms with Gasteiger partial charge >= 0.3 is 0 Å². The summed E-state index contributed by atoms with van der Waals surface area (Å²) < 4.78 is 29.7. The highest BCUT2D eigenvalue weighted by molar-refractivity contribution is 7.89. The van der Waals surface area contributed by atoms with Gasteiger partial charge in [-0.05, 0) is 12.1 Å². The first-order valence-corrected chi connectivity index (χ1v) is 7.73. The second-order valence-corrected chi connectivity index (χ2v) is 5.74. The normalized spacial score (nSPS) is 11.0. The Morgan fingerprint density at radius 1 is 1.33 bits per heavy atom. The van der Waals surface area contributed by atoms with E-state index in [2.05, 4.69) is 5.10 Å². The molecule has 1 aromatic heterocycles. The highest BCUT2D eigenvalue weighted by Gasteiger charge is 2.20. The van der Waals surface area contributed by atoms with Crippen LogP contribution in [0.15, 0.2) is 41.6 Å². The number of aryl methyl sites for hydroxylation is 1. The fraction of sp³-hybridized carbons (Fsp3) is 0.231. The van der Waals surface area contributed by atoms with Gasteiger partial charge in [0.05, 0.1) is 12.8 Å². The molecule has 1 aromatic carbocycles. The van der Waals surface area contributed by atoms with Gasteiger partial charge < -0.3 is 4.74 Å². The Kier molecular flexibility index (Phi) is 4.57. The Morgan fingerprint density at radius 3 is 2.67 bits per heavy atom. The molecule has 0 saturated heterocycles. The van der Waals surface area contributed by atoms with Gasteiger partial charge in [-0.2, -0.15) is 10.4 Å². The molecule has 7 nitrogen and oxygen atoms in total. The van der Waals surface area contributed by atoms with Crippen LogP contribution < -0.4 is 9.88 Å². The number of benzene rings is 1. The number of rotatable bonds is 6. The largest absolute Gasteiger partial charge is 0.494 e. The zero-order valence-electron chi connectivity index (χ0n) is 11.1. The number of nitrogens with two attached hydrogens (primary N) is 1. The van der Waals surface area contributed by atoms with Crippen molar-refractivity contribution in [1.29, 1.82) is 5.26 Å². The van der Waals surface area contributed by atoms with Crippen molar-refractivity contribution in [2.24, 2.45) is 5.14 Å². The Morgan fingerprint density at radius 2 is 2.05 bits per heavy atom. The first-order chi connectivity index (χ1) is 10.0. The number of hydrogen-bond donors (Lipinski definition) is 1. The number of para-hydroxylation sites is 1. The molecule has 0 saturated carbocycles. The molecule has 0 bridgehead atoms. The topological polar surface area (TPSA) is 111 Å². The molecule has 0 spiro atoms.